The van der Waals surface area contributed by atoms with E-state index in [1.165, 1.54) is 45.1 Å². The van der Waals surface area contributed by atoms with Crippen LogP contribution in [0.3, 0.4) is 0 Å². The summed E-state index contributed by atoms with van der Waals surface area (Å²) in [5, 5.41) is 7.62. The maximum atomic E-state index is 12.5. The summed E-state index contributed by atoms with van der Waals surface area (Å²) in [6.07, 6.45) is 9.05. The molecule has 1 aromatic heterocycles. The van der Waals surface area contributed by atoms with Crippen molar-refractivity contribution in [1.29, 1.82) is 0 Å². The molecule has 5 nitrogen and oxygen atoms in total. The molecule has 2 fully saturated rings. The number of nitrogens with one attached hydrogen (secondary N) is 1. The molecule has 1 atom stereocenters. The van der Waals surface area contributed by atoms with Crippen LogP contribution in [0.5, 0.6) is 0 Å². The molecule has 0 bridgehead atoms. The first-order valence-electron chi connectivity index (χ1n) is 10.1. The largest absolute Gasteiger partial charge is 0.350 e. The van der Waals surface area contributed by atoms with E-state index in [0.717, 1.165) is 31.2 Å². The molecule has 5 heteroatoms. The van der Waals surface area contributed by atoms with E-state index in [0.29, 0.717) is 17.5 Å². The highest BCUT2D eigenvalue weighted by atomic mass is 16.2. The Morgan fingerprint density at radius 3 is 2.76 bits per heavy atom. The summed E-state index contributed by atoms with van der Waals surface area (Å²) in [6, 6.07) is 2.74. The third-order valence-electron chi connectivity index (χ3n) is 5.74. The van der Waals surface area contributed by atoms with Crippen molar-refractivity contribution in [2.45, 2.75) is 64.8 Å². The van der Waals surface area contributed by atoms with Gasteiger partial charge >= 0.3 is 0 Å². The number of nitrogens with zero attached hydrogens (tertiary/aromatic N) is 3. The summed E-state index contributed by atoms with van der Waals surface area (Å²) in [6.45, 7) is 7.48. The molecule has 1 N–H and O–H groups in total. The number of carbonyl (C=O) groups excluding carboxylic acids is 1. The molecule has 0 spiro atoms. The lowest BCUT2D eigenvalue weighted by Gasteiger charge is -2.31. The Morgan fingerprint density at radius 2 is 2.04 bits per heavy atom. The van der Waals surface area contributed by atoms with Gasteiger partial charge in [-0.25, -0.2) is 0 Å². The highest BCUT2D eigenvalue weighted by Gasteiger charge is 2.29. The fraction of sp³-hybridized carbons (Fsp3) is 0.800. The van der Waals surface area contributed by atoms with Crippen molar-refractivity contribution in [1.82, 2.24) is 20.0 Å². The first kappa shape index (κ1) is 18.4. The Kier molecular flexibility index (Phi) is 6.15. The van der Waals surface area contributed by atoms with E-state index < -0.39 is 0 Å². The molecule has 3 rings (SSSR count). The molecule has 0 radical (unpaired) electrons. The van der Waals surface area contributed by atoms with E-state index in [9.17, 15) is 4.79 Å². The van der Waals surface area contributed by atoms with Crippen molar-refractivity contribution in [2.24, 2.45) is 18.9 Å². The minimum atomic E-state index is 0.0149. The number of amides is 1. The molecule has 1 amide bonds. The average Bonchev–Trinajstić information content (AvgIpc) is 3.20. The highest BCUT2D eigenvalue weighted by molar-refractivity contribution is 5.92. The molecule has 140 valence electrons. The van der Waals surface area contributed by atoms with Crippen LogP contribution in [0.25, 0.3) is 0 Å². The Hall–Kier alpha value is -1.36. The van der Waals surface area contributed by atoms with Crippen LogP contribution in [0.15, 0.2) is 6.07 Å². The minimum absolute atomic E-state index is 0.0149. The zero-order valence-corrected chi connectivity index (χ0v) is 16.1. The summed E-state index contributed by atoms with van der Waals surface area (Å²) in [7, 11) is 1.86. The van der Waals surface area contributed by atoms with Crippen LogP contribution >= 0.6 is 0 Å². The Labute approximate surface area is 152 Å². The van der Waals surface area contributed by atoms with Gasteiger partial charge in [0.2, 0.25) is 0 Å². The lowest BCUT2D eigenvalue weighted by Crippen LogP contribution is -2.36. The molecule has 1 aliphatic heterocycles. The Bertz CT molecular complexity index is 574. The number of hydrogen-bond acceptors (Lipinski definition) is 3. The normalized spacial score (nSPS) is 22.6. The van der Waals surface area contributed by atoms with Gasteiger partial charge in [-0.1, -0.05) is 33.1 Å². The van der Waals surface area contributed by atoms with Gasteiger partial charge in [0.1, 0.15) is 5.69 Å². The molecular weight excluding hydrogens is 312 g/mol. The van der Waals surface area contributed by atoms with Gasteiger partial charge in [0, 0.05) is 26.2 Å². The van der Waals surface area contributed by atoms with Crippen LogP contribution in [0.2, 0.25) is 0 Å². The van der Waals surface area contributed by atoms with Gasteiger partial charge in [-0.05, 0) is 50.1 Å². The molecule has 2 aliphatic rings. The molecule has 0 aromatic carbocycles. The van der Waals surface area contributed by atoms with E-state index in [1.807, 2.05) is 13.1 Å². The minimum Gasteiger partial charge on any atom is -0.350 e. The van der Waals surface area contributed by atoms with Gasteiger partial charge in [-0.3, -0.25) is 9.48 Å². The lowest BCUT2D eigenvalue weighted by atomic mass is 9.94. The predicted octanol–water partition coefficient (Wildman–Crippen LogP) is 3.00. The maximum absolute atomic E-state index is 12.5. The molecule has 1 aliphatic carbocycles. The fourth-order valence-electron chi connectivity index (χ4n) is 4.39. The number of hydrogen-bond donors (Lipinski definition) is 1. The molecule has 2 heterocycles. The van der Waals surface area contributed by atoms with Crippen molar-refractivity contribution in [3.8, 4) is 0 Å². The van der Waals surface area contributed by atoms with Crippen molar-refractivity contribution < 1.29 is 4.79 Å². The predicted molar refractivity (Wildman–Crippen MR) is 101 cm³/mol. The lowest BCUT2D eigenvalue weighted by molar-refractivity contribution is 0.0937. The van der Waals surface area contributed by atoms with Crippen LogP contribution in [0.1, 0.15) is 68.6 Å². The first-order chi connectivity index (χ1) is 12.0. The standard InChI is InChI=1S/C20H34N4O/c1-15(2)11-17-12-19(23(3)22-17)20(25)21-13-16-9-10-24(14-16)18-7-5-4-6-8-18/h12,15-16,18H,4-11,13-14H2,1-3H3,(H,21,25). The summed E-state index contributed by atoms with van der Waals surface area (Å²) in [5.74, 6) is 1.16. The fourth-order valence-corrected chi connectivity index (χ4v) is 4.39. The molecule has 1 aromatic rings. The van der Waals surface area contributed by atoms with Gasteiger partial charge in [-0.2, -0.15) is 5.10 Å². The van der Waals surface area contributed by atoms with Crippen molar-refractivity contribution in [3.63, 3.8) is 0 Å². The number of likely N-dealkylation sites (tertiary alicyclic amines) is 1. The van der Waals surface area contributed by atoms with E-state index in [2.05, 4.69) is 29.2 Å². The van der Waals surface area contributed by atoms with Gasteiger partial charge in [-0.15, -0.1) is 0 Å². The Balaban J connectivity index is 1.47. The summed E-state index contributed by atoms with van der Waals surface area (Å²) >= 11 is 0. The quantitative estimate of drug-likeness (QED) is 0.861. The van der Waals surface area contributed by atoms with E-state index >= 15 is 0 Å². The molecule has 1 saturated carbocycles. The van der Waals surface area contributed by atoms with Crippen molar-refractivity contribution in [3.05, 3.63) is 17.5 Å². The smallest absolute Gasteiger partial charge is 0.269 e. The average molecular weight is 347 g/mol. The second kappa shape index (κ2) is 8.35. The van der Waals surface area contributed by atoms with Crippen LogP contribution in [0, 0.1) is 11.8 Å². The van der Waals surface area contributed by atoms with Crippen LogP contribution in [-0.2, 0) is 13.5 Å². The monoisotopic (exact) mass is 346 g/mol. The van der Waals surface area contributed by atoms with Gasteiger partial charge in [0.05, 0.1) is 5.69 Å². The van der Waals surface area contributed by atoms with Gasteiger partial charge in [0.25, 0.3) is 5.91 Å². The van der Waals surface area contributed by atoms with E-state index in [-0.39, 0.29) is 5.91 Å². The maximum Gasteiger partial charge on any atom is 0.269 e. The first-order valence-corrected chi connectivity index (χ1v) is 10.1. The second-order valence-corrected chi connectivity index (χ2v) is 8.39. The number of aromatic nitrogens is 2. The van der Waals surface area contributed by atoms with Crippen molar-refractivity contribution >= 4 is 5.91 Å². The molecule has 1 unspecified atom stereocenters. The third kappa shape index (κ3) is 4.84. The van der Waals surface area contributed by atoms with Crippen LogP contribution < -0.4 is 5.32 Å². The SMILES string of the molecule is CC(C)Cc1cc(C(=O)NCC2CCN(C3CCCCC3)C2)n(C)n1. The summed E-state index contributed by atoms with van der Waals surface area (Å²) in [4.78, 5) is 15.2. The number of carbonyl (C=O) groups is 1. The zero-order valence-electron chi connectivity index (χ0n) is 16.1. The molecule has 1 saturated heterocycles. The zero-order chi connectivity index (χ0) is 17.8. The Morgan fingerprint density at radius 1 is 1.28 bits per heavy atom. The summed E-state index contributed by atoms with van der Waals surface area (Å²) < 4.78 is 1.72. The van der Waals surface area contributed by atoms with Crippen molar-refractivity contribution in [2.75, 3.05) is 19.6 Å². The van der Waals surface area contributed by atoms with Gasteiger partial charge in [0.15, 0.2) is 0 Å². The second-order valence-electron chi connectivity index (χ2n) is 8.39. The van der Waals surface area contributed by atoms with Crippen LogP contribution in [0.4, 0.5) is 0 Å². The summed E-state index contributed by atoms with van der Waals surface area (Å²) in [5.41, 5.74) is 1.68. The third-order valence-corrected chi connectivity index (χ3v) is 5.74. The highest BCUT2D eigenvalue weighted by Crippen LogP contribution is 2.27. The topological polar surface area (TPSA) is 50.2 Å². The van der Waals surface area contributed by atoms with E-state index in [4.69, 9.17) is 0 Å². The van der Waals surface area contributed by atoms with Crippen LogP contribution in [-0.4, -0.2) is 46.3 Å². The molecule has 25 heavy (non-hydrogen) atoms. The molecular formula is C20H34N4O. The van der Waals surface area contributed by atoms with E-state index in [1.54, 1.807) is 4.68 Å². The number of rotatable bonds is 6. The number of aryl methyl sites for hydroxylation is 1. The van der Waals surface area contributed by atoms with Gasteiger partial charge < -0.3 is 10.2 Å².